The second-order valence-electron chi connectivity index (χ2n) is 9.56. The fraction of sp³-hybridized carbons (Fsp3) is 0.407. The lowest BCUT2D eigenvalue weighted by Gasteiger charge is -2.33. The van der Waals surface area contributed by atoms with Gasteiger partial charge in [0, 0.05) is 50.0 Å². The van der Waals surface area contributed by atoms with Crippen LogP contribution in [0.3, 0.4) is 0 Å². The topological polar surface area (TPSA) is 53.4 Å². The van der Waals surface area contributed by atoms with Crippen LogP contribution in [0.5, 0.6) is 0 Å². The molecule has 2 atom stereocenters. The Balaban J connectivity index is 1.26. The molecule has 1 aromatic heterocycles. The Morgan fingerprint density at radius 2 is 1.63 bits per heavy atom. The van der Waals surface area contributed by atoms with E-state index < -0.39 is 0 Å². The van der Waals surface area contributed by atoms with E-state index >= 15 is 0 Å². The number of rotatable bonds is 8. The highest BCUT2D eigenvalue weighted by molar-refractivity contribution is 5.42. The van der Waals surface area contributed by atoms with Gasteiger partial charge in [0.1, 0.15) is 11.6 Å². The fourth-order valence-electron chi connectivity index (χ4n) is 4.72. The molecule has 2 fully saturated rings. The molecule has 0 radical (unpaired) electrons. The van der Waals surface area contributed by atoms with Gasteiger partial charge in [0.15, 0.2) is 5.82 Å². The minimum Gasteiger partial charge on any atom is -0.349 e. The Hall–Kier alpha value is -3.10. The molecule has 2 aliphatic rings. The second kappa shape index (κ2) is 10.3. The SMILES string of the molecule is CN1CCN(c2nc(CCCN[C@@H]3C[C@H]3c3ccc(F)cc3)cn(-c3ccc(F)cc3)c2=O)CC1. The molecule has 6 nitrogen and oxygen atoms in total. The number of nitrogens with zero attached hydrogens (tertiary/aromatic N) is 4. The first kappa shape index (κ1) is 23.6. The van der Waals surface area contributed by atoms with Crippen molar-refractivity contribution in [3.05, 3.63) is 88.0 Å². The normalized spacial score (nSPS) is 20.3. The maximum Gasteiger partial charge on any atom is 0.298 e. The van der Waals surface area contributed by atoms with Gasteiger partial charge < -0.3 is 15.1 Å². The third kappa shape index (κ3) is 5.60. The van der Waals surface area contributed by atoms with Crippen molar-refractivity contribution in [2.75, 3.05) is 44.7 Å². The van der Waals surface area contributed by atoms with Gasteiger partial charge in [-0.25, -0.2) is 13.8 Å². The van der Waals surface area contributed by atoms with Crippen molar-refractivity contribution < 1.29 is 8.78 Å². The van der Waals surface area contributed by atoms with Crippen molar-refractivity contribution >= 4 is 5.82 Å². The van der Waals surface area contributed by atoms with Crippen molar-refractivity contribution in [2.24, 2.45) is 0 Å². The van der Waals surface area contributed by atoms with E-state index in [0.717, 1.165) is 57.7 Å². The van der Waals surface area contributed by atoms with E-state index in [4.69, 9.17) is 4.98 Å². The largest absolute Gasteiger partial charge is 0.349 e. The van der Waals surface area contributed by atoms with Gasteiger partial charge in [0.25, 0.3) is 5.56 Å². The summed E-state index contributed by atoms with van der Waals surface area (Å²) in [5.41, 5.74) is 2.47. The molecule has 1 N–H and O–H groups in total. The van der Waals surface area contributed by atoms with E-state index in [2.05, 4.69) is 22.2 Å². The Kier molecular flexibility index (Phi) is 6.92. The molecular formula is C27H31F2N5O. The third-order valence-corrected chi connectivity index (χ3v) is 6.95. The summed E-state index contributed by atoms with van der Waals surface area (Å²) in [4.78, 5) is 22.4. The van der Waals surface area contributed by atoms with Crippen LogP contribution >= 0.6 is 0 Å². The lowest BCUT2D eigenvalue weighted by atomic mass is 10.1. The number of hydrogen-bond donors (Lipinski definition) is 1. The van der Waals surface area contributed by atoms with Gasteiger partial charge in [0.2, 0.25) is 0 Å². The molecular weight excluding hydrogens is 448 g/mol. The molecule has 1 aliphatic carbocycles. The van der Waals surface area contributed by atoms with E-state index in [9.17, 15) is 13.6 Å². The van der Waals surface area contributed by atoms with Crippen molar-refractivity contribution in [1.82, 2.24) is 19.8 Å². The minimum atomic E-state index is -0.333. The maximum absolute atomic E-state index is 13.5. The molecule has 35 heavy (non-hydrogen) atoms. The van der Waals surface area contributed by atoms with Crippen molar-refractivity contribution in [1.29, 1.82) is 0 Å². The first-order chi connectivity index (χ1) is 17.0. The number of hydrogen-bond acceptors (Lipinski definition) is 5. The number of halogens is 2. The molecule has 1 aliphatic heterocycles. The van der Waals surface area contributed by atoms with Gasteiger partial charge in [-0.15, -0.1) is 0 Å². The number of benzene rings is 2. The average Bonchev–Trinajstić information content (AvgIpc) is 3.64. The van der Waals surface area contributed by atoms with E-state index in [1.54, 1.807) is 22.9 Å². The van der Waals surface area contributed by atoms with Gasteiger partial charge in [-0.2, -0.15) is 0 Å². The predicted molar refractivity (Wildman–Crippen MR) is 133 cm³/mol. The van der Waals surface area contributed by atoms with Crippen LogP contribution in [0.25, 0.3) is 5.69 Å². The van der Waals surface area contributed by atoms with E-state index in [-0.39, 0.29) is 17.2 Å². The summed E-state index contributed by atoms with van der Waals surface area (Å²) in [5, 5.41) is 3.59. The van der Waals surface area contributed by atoms with E-state index in [0.29, 0.717) is 23.5 Å². The number of likely N-dealkylation sites (N-methyl/N-ethyl adjacent to an activating group) is 1. The predicted octanol–water partition coefficient (Wildman–Crippen LogP) is 3.34. The summed E-state index contributed by atoms with van der Waals surface area (Å²) in [6, 6.07) is 13.2. The molecule has 184 valence electrons. The van der Waals surface area contributed by atoms with Gasteiger partial charge in [-0.3, -0.25) is 9.36 Å². The zero-order chi connectivity index (χ0) is 24.4. The molecule has 0 amide bonds. The van der Waals surface area contributed by atoms with Crippen molar-refractivity contribution in [3.8, 4) is 5.69 Å². The lowest BCUT2D eigenvalue weighted by Crippen LogP contribution is -2.47. The number of piperazine rings is 1. The number of anilines is 1. The van der Waals surface area contributed by atoms with Crippen LogP contribution in [-0.4, -0.2) is 60.3 Å². The fourth-order valence-corrected chi connectivity index (χ4v) is 4.72. The smallest absolute Gasteiger partial charge is 0.298 e. The summed E-state index contributed by atoms with van der Waals surface area (Å²) in [5.74, 6) is 0.370. The highest BCUT2D eigenvalue weighted by Gasteiger charge is 2.37. The summed E-state index contributed by atoms with van der Waals surface area (Å²) in [7, 11) is 2.07. The quantitative estimate of drug-likeness (QED) is 0.503. The Morgan fingerprint density at radius 1 is 0.971 bits per heavy atom. The van der Waals surface area contributed by atoms with E-state index in [1.165, 1.54) is 29.8 Å². The Labute approximate surface area is 204 Å². The van der Waals surface area contributed by atoms with Crippen LogP contribution in [0.15, 0.2) is 59.5 Å². The molecule has 1 saturated heterocycles. The van der Waals surface area contributed by atoms with Crippen LogP contribution in [0, 0.1) is 11.6 Å². The average molecular weight is 480 g/mol. The molecule has 0 bridgehead atoms. The highest BCUT2D eigenvalue weighted by atomic mass is 19.1. The van der Waals surface area contributed by atoms with Gasteiger partial charge in [-0.05, 0) is 74.8 Å². The van der Waals surface area contributed by atoms with Crippen molar-refractivity contribution in [3.63, 3.8) is 0 Å². The highest BCUT2D eigenvalue weighted by Crippen LogP contribution is 2.40. The molecule has 2 aromatic carbocycles. The molecule has 5 rings (SSSR count). The molecule has 8 heteroatoms. The molecule has 0 spiro atoms. The summed E-state index contributed by atoms with van der Waals surface area (Å²) >= 11 is 0. The molecule has 2 heterocycles. The number of nitrogens with one attached hydrogen (secondary N) is 1. The number of aromatic nitrogens is 2. The van der Waals surface area contributed by atoms with E-state index in [1.807, 2.05) is 12.1 Å². The van der Waals surface area contributed by atoms with Crippen molar-refractivity contribution in [2.45, 2.75) is 31.2 Å². The summed E-state index contributed by atoms with van der Waals surface area (Å²) in [6.07, 6.45) is 4.45. The zero-order valence-electron chi connectivity index (χ0n) is 20.0. The van der Waals surface area contributed by atoms with Gasteiger partial charge in [0.05, 0.1) is 5.69 Å². The van der Waals surface area contributed by atoms with Crippen LogP contribution in [0.1, 0.15) is 30.0 Å². The first-order valence-corrected chi connectivity index (χ1v) is 12.3. The third-order valence-electron chi connectivity index (χ3n) is 6.95. The number of aryl methyl sites for hydroxylation is 1. The minimum absolute atomic E-state index is 0.178. The summed E-state index contributed by atoms with van der Waals surface area (Å²) in [6.45, 7) is 4.09. The van der Waals surface area contributed by atoms with Gasteiger partial charge >= 0.3 is 0 Å². The van der Waals surface area contributed by atoms with Crippen LogP contribution in [0.2, 0.25) is 0 Å². The van der Waals surface area contributed by atoms with Crippen LogP contribution in [-0.2, 0) is 6.42 Å². The Bertz CT molecular complexity index is 1200. The molecule has 3 aromatic rings. The monoisotopic (exact) mass is 479 g/mol. The standard InChI is InChI=1S/C27H31F2N5O/c1-32-13-15-33(16-14-32)26-27(35)34(23-10-8-21(29)9-11-23)18-22(31-26)3-2-12-30-25-17-24(25)19-4-6-20(28)7-5-19/h4-11,18,24-25,30H,2-3,12-17H2,1H3/t24-,25+/m0/s1. The lowest BCUT2D eigenvalue weighted by molar-refractivity contribution is 0.311. The van der Waals surface area contributed by atoms with Gasteiger partial charge in [-0.1, -0.05) is 12.1 Å². The molecule has 1 saturated carbocycles. The molecule has 0 unspecified atom stereocenters. The first-order valence-electron chi connectivity index (χ1n) is 12.3. The second-order valence-corrected chi connectivity index (χ2v) is 9.56. The summed E-state index contributed by atoms with van der Waals surface area (Å²) < 4.78 is 28.2. The van der Waals surface area contributed by atoms with Crippen LogP contribution in [0.4, 0.5) is 14.6 Å². The Morgan fingerprint density at radius 3 is 2.31 bits per heavy atom. The van der Waals surface area contributed by atoms with Crippen LogP contribution < -0.4 is 15.8 Å². The zero-order valence-corrected chi connectivity index (χ0v) is 20.0. The maximum atomic E-state index is 13.5.